The Morgan fingerprint density at radius 3 is 3.00 bits per heavy atom. The fraction of sp³-hybridized carbons (Fsp3) is 0.417. The summed E-state index contributed by atoms with van der Waals surface area (Å²) in [6, 6.07) is 5.68. The van der Waals surface area contributed by atoms with E-state index in [1.54, 1.807) is 12.0 Å². The van der Waals surface area contributed by atoms with Gasteiger partial charge in [-0.1, -0.05) is 0 Å². The molecule has 3 N–H and O–H groups in total. The summed E-state index contributed by atoms with van der Waals surface area (Å²) in [5.74, 6) is 0.681. The number of carbonyl (C=O) groups excluding carboxylic acids is 1. The van der Waals surface area contributed by atoms with Crippen LogP contribution in [0, 0.1) is 0 Å². The molecule has 1 heterocycles. The summed E-state index contributed by atoms with van der Waals surface area (Å²) in [4.78, 5) is 13.7. The average Bonchev–Trinajstić information content (AvgIpc) is 2.47. The molecule has 0 saturated carbocycles. The van der Waals surface area contributed by atoms with Crippen LogP contribution in [-0.2, 0) is 11.3 Å². The zero-order valence-electron chi connectivity index (χ0n) is 10.1. The molecule has 1 amide bonds. The smallest absolute Gasteiger partial charge is 0.258 e. The highest BCUT2D eigenvalue weighted by Gasteiger charge is 2.26. The highest BCUT2D eigenvalue weighted by molar-refractivity contribution is 5.98. The molecule has 1 aliphatic heterocycles. The number of nitrogens with zero attached hydrogens (tertiary/aromatic N) is 1. The Bertz CT molecular complexity index is 434. The van der Waals surface area contributed by atoms with E-state index in [2.05, 4.69) is 5.32 Å². The molecular weight excluding hydrogens is 218 g/mol. The van der Waals surface area contributed by atoms with E-state index in [9.17, 15) is 4.79 Å². The van der Waals surface area contributed by atoms with E-state index in [1.165, 1.54) is 0 Å². The molecule has 0 spiro atoms. The molecule has 0 aromatic heterocycles. The van der Waals surface area contributed by atoms with Gasteiger partial charge in [-0.3, -0.25) is 10.1 Å². The molecular formula is C12H17N3O2. The molecule has 1 aromatic rings. The second-order valence-corrected chi connectivity index (χ2v) is 3.94. The van der Waals surface area contributed by atoms with Gasteiger partial charge in [-0.15, -0.1) is 0 Å². The predicted molar refractivity (Wildman–Crippen MR) is 65.8 cm³/mol. The lowest BCUT2D eigenvalue weighted by atomic mass is 10.1. The lowest BCUT2D eigenvalue weighted by Crippen LogP contribution is -2.49. The van der Waals surface area contributed by atoms with Crippen molar-refractivity contribution in [2.75, 3.05) is 18.6 Å². The highest BCUT2D eigenvalue weighted by Crippen LogP contribution is 2.27. The van der Waals surface area contributed by atoms with Crippen molar-refractivity contribution in [1.82, 2.24) is 5.32 Å². The van der Waals surface area contributed by atoms with Crippen LogP contribution >= 0.6 is 0 Å². The molecule has 0 fully saturated rings. The molecule has 0 bridgehead atoms. The number of ether oxygens (including phenoxy) is 1. The van der Waals surface area contributed by atoms with Crippen molar-refractivity contribution in [3.8, 4) is 5.75 Å². The Kier molecular flexibility index (Phi) is 3.31. The quantitative estimate of drug-likeness (QED) is 0.780. The molecule has 5 nitrogen and oxygen atoms in total. The summed E-state index contributed by atoms with van der Waals surface area (Å²) in [5, 5.41) is 3.00. The number of methoxy groups -OCH3 is 1. The number of likely N-dealkylation sites (N-methyl/N-ethyl adjacent to an activating group) is 1. The van der Waals surface area contributed by atoms with E-state index in [-0.39, 0.29) is 5.91 Å². The van der Waals surface area contributed by atoms with Gasteiger partial charge in [0, 0.05) is 18.8 Å². The third kappa shape index (κ3) is 2.11. The summed E-state index contributed by atoms with van der Waals surface area (Å²) >= 11 is 0. The fourth-order valence-electron chi connectivity index (χ4n) is 2.01. The summed E-state index contributed by atoms with van der Waals surface area (Å²) in [5.41, 5.74) is 7.68. The van der Waals surface area contributed by atoms with Crippen molar-refractivity contribution in [3.63, 3.8) is 0 Å². The van der Waals surface area contributed by atoms with Crippen molar-refractivity contribution in [2.45, 2.75) is 19.6 Å². The fourth-order valence-corrected chi connectivity index (χ4v) is 2.01. The number of nitrogens with two attached hydrogens (primary N) is 1. The molecule has 2 rings (SSSR count). The van der Waals surface area contributed by atoms with E-state index in [0.717, 1.165) is 17.0 Å². The first-order valence-corrected chi connectivity index (χ1v) is 5.64. The first-order chi connectivity index (χ1) is 8.17. The maximum absolute atomic E-state index is 12.0. The minimum Gasteiger partial charge on any atom is -0.497 e. The molecule has 1 unspecified atom stereocenters. The molecule has 1 atom stereocenters. The van der Waals surface area contributed by atoms with Crippen molar-refractivity contribution >= 4 is 11.6 Å². The summed E-state index contributed by atoms with van der Waals surface area (Å²) < 4.78 is 5.18. The van der Waals surface area contributed by atoms with Gasteiger partial charge in [-0.2, -0.15) is 0 Å². The van der Waals surface area contributed by atoms with Gasteiger partial charge in [0.2, 0.25) is 0 Å². The lowest BCUT2D eigenvalue weighted by Gasteiger charge is -2.22. The van der Waals surface area contributed by atoms with Crippen LogP contribution in [-0.4, -0.2) is 25.7 Å². The van der Waals surface area contributed by atoms with Crippen LogP contribution < -0.4 is 20.7 Å². The number of nitrogens with one attached hydrogen (secondary N) is 1. The Balaban J connectivity index is 2.45. The van der Waals surface area contributed by atoms with Gasteiger partial charge < -0.3 is 15.4 Å². The number of hydrogen-bond acceptors (Lipinski definition) is 4. The third-order valence-electron chi connectivity index (χ3n) is 2.94. The van der Waals surface area contributed by atoms with E-state index < -0.39 is 6.17 Å². The van der Waals surface area contributed by atoms with Gasteiger partial charge in [0.05, 0.1) is 7.11 Å². The number of carbonyl (C=O) groups is 1. The van der Waals surface area contributed by atoms with E-state index in [4.69, 9.17) is 10.5 Å². The maximum atomic E-state index is 12.0. The van der Waals surface area contributed by atoms with Crippen LogP contribution in [0.4, 0.5) is 5.69 Å². The third-order valence-corrected chi connectivity index (χ3v) is 2.94. The number of benzene rings is 1. The van der Waals surface area contributed by atoms with Crippen LogP contribution in [0.1, 0.15) is 12.5 Å². The van der Waals surface area contributed by atoms with Crippen molar-refractivity contribution in [2.24, 2.45) is 5.73 Å². The van der Waals surface area contributed by atoms with Crippen LogP contribution in [0.3, 0.4) is 0 Å². The van der Waals surface area contributed by atoms with E-state index >= 15 is 0 Å². The van der Waals surface area contributed by atoms with Gasteiger partial charge in [0.15, 0.2) is 0 Å². The highest BCUT2D eigenvalue weighted by atomic mass is 16.5. The van der Waals surface area contributed by atoms with Gasteiger partial charge >= 0.3 is 0 Å². The molecule has 1 aliphatic rings. The Morgan fingerprint density at radius 1 is 1.59 bits per heavy atom. The molecule has 0 radical (unpaired) electrons. The number of amides is 1. The lowest BCUT2D eigenvalue weighted by molar-refractivity contribution is -0.120. The van der Waals surface area contributed by atoms with Gasteiger partial charge in [-0.25, -0.2) is 0 Å². The first-order valence-electron chi connectivity index (χ1n) is 5.64. The zero-order chi connectivity index (χ0) is 12.4. The number of rotatable bonds is 2. The monoisotopic (exact) mass is 235 g/mol. The Morgan fingerprint density at radius 2 is 2.35 bits per heavy atom. The molecule has 92 valence electrons. The Labute approximate surface area is 101 Å². The van der Waals surface area contributed by atoms with E-state index in [1.807, 2.05) is 25.1 Å². The minimum atomic E-state index is -0.645. The Hall–Kier alpha value is -1.59. The predicted octanol–water partition coefficient (Wildman–Crippen LogP) is 0.436. The van der Waals surface area contributed by atoms with Crippen LogP contribution in [0.5, 0.6) is 5.75 Å². The molecule has 17 heavy (non-hydrogen) atoms. The topological polar surface area (TPSA) is 67.6 Å². The number of hydrogen-bond donors (Lipinski definition) is 2. The summed E-state index contributed by atoms with van der Waals surface area (Å²) in [6.45, 7) is 3.10. The van der Waals surface area contributed by atoms with Crippen LogP contribution in [0.2, 0.25) is 0 Å². The second kappa shape index (κ2) is 4.73. The van der Waals surface area contributed by atoms with Gasteiger partial charge in [0.25, 0.3) is 5.91 Å². The zero-order valence-corrected chi connectivity index (χ0v) is 10.1. The van der Waals surface area contributed by atoms with Crippen LogP contribution in [0.15, 0.2) is 18.2 Å². The van der Waals surface area contributed by atoms with Gasteiger partial charge in [-0.05, 0) is 30.7 Å². The molecule has 0 aliphatic carbocycles. The van der Waals surface area contributed by atoms with Crippen molar-refractivity contribution in [1.29, 1.82) is 0 Å². The largest absolute Gasteiger partial charge is 0.497 e. The summed E-state index contributed by atoms with van der Waals surface area (Å²) in [7, 11) is 1.63. The molecule has 1 aromatic carbocycles. The minimum absolute atomic E-state index is 0.101. The average molecular weight is 235 g/mol. The first kappa shape index (κ1) is 11.9. The van der Waals surface area contributed by atoms with E-state index in [0.29, 0.717) is 13.1 Å². The molecule has 5 heteroatoms. The van der Waals surface area contributed by atoms with Crippen molar-refractivity contribution < 1.29 is 9.53 Å². The van der Waals surface area contributed by atoms with Crippen molar-refractivity contribution in [3.05, 3.63) is 23.8 Å². The number of anilines is 1. The SMILES string of the molecule is CCN1C(=O)C(N)NCc2cc(OC)ccc21. The summed E-state index contributed by atoms with van der Waals surface area (Å²) in [6.07, 6.45) is -0.645. The standard InChI is InChI=1S/C12H17N3O2/c1-3-15-10-5-4-9(17-2)6-8(10)7-14-11(13)12(15)16/h4-6,11,14H,3,7,13H2,1-2H3. The molecule has 0 saturated heterocycles. The second-order valence-electron chi connectivity index (χ2n) is 3.94. The van der Waals surface area contributed by atoms with Gasteiger partial charge in [0.1, 0.15) is 11.9 Å². The normalized spacial score (nSPS) is 19.8. The van der Waals surface area contributed by atoms with Crippen LogP contribution in [0.25, 0.3) is 0 Å². The number of fused-ring (bicyclic) bond motifs is 1. The maximum Gasteiger partial charge on any atom is 0.258 e.